The Hall–Kier alpha value is -7.01. The van der Waals surface area contributed by atoms with Crippen LogP contribution in [0.2, 0.25) is 0 Å². The van der Waals surface area contributed by atoms with E-state index in [9.17, 15) is 0 Å². The van der Waals surface area contributed by atoms with Crippen LogP contribution in [0.15, 0.2) is 200 Å². The third-order valence-electron chi connectivity index (χ3n) is 10.2. The summed E-state index contributed by atoms with van der Waals surface area (Å²) in [7, 11) is 0. The second-order valence-corrected chi connectivity index (χ2v) is 14.6. The molecule has 0 unspecified atom stereocenters. The molecule has 4 heteroatoms. The molecule has 55 heavy (non-hydrogen) atoms. The van der Waals surface area contributed by atoms with Gasteiger partial charge < -0.3 is 0 Å². The molecular formula is C51H33N3S. The molecule has 10 aromatic rings. The first-order valence-corrected chi connectivity index (χ1v) is 19.3. The highest BCUT2D eigenvalue weighted by Crippen LogP contribution is 2.49. The molecule has 0 saturated heterocycles. The minimum Gasteiger partial charge on any atom is -0.208 e. The van der Waals surface area contributed by atoms with Gasteiger partial charge in [0.15, 0.2) is 17.5 Å². The van der Waals surface area contributed by atoms with Crippen molar-refractivity contribution in [3.8, 4) is 78.7 Å². The molecule has 0 aliphatic carbocycles. The molecule has 0 aliphatic heterocycles. The van der Waals surface area contributed by atoms with Gasteiger partial charge in [0.05, 0.1) is 0 Å². The topological polar surface area (TPSA) is 38.7 Å². The van der Waals surface area contributed by atoms with E-state index in [1.165, 1.54) is 59.1 Å². The van der Waals surface area contributed by atoms with Crippen LogP contribution in [-0.4, -0.2) is 15.0 Å². The fourth-order valence-corrected chi connectivity index (χ4v) is 8.81. The van der Waals surface area contributed by atoms with Crippen molar-refractivity contribution in [2.75, 3.05) is 0 Å². The summed E-state index contributed by atoms with van der Waals surface area (Å²) < 4.78 is 2.57. The summed E-state index contributed by atoms with van der Waals surface area (Å²) in [6.45, 7) is 0. The monoisotopic (exact) mass is 719 g/mol. The van der Waals surface area contributed by atoms with E-state index in [1.807, 2.05) is 72.0 Å². The van der Waals surface area contributed by atoms with Gasteiger partial charge in [-0.2, -0.15) is 0 Å². The maximum absolute atomic E-state index is 4.99. The van der Waals surface area contributed by atoms with Crippen LogP contribution < -0.4 is 0 Å². The van der Waals surface area contributed by atoms with Crippen LogP contribution in [0.5, 0.6) is 0 Å². The molecule has 0 radical (unpaired) electrons. The Morgan fingerprint density at radius 1 is 0.273 bits per heavy atom. The second-order valence-electron chi connectivity index (χ2n) is 13.6. The zero-order valence-electron chi connectivity index (χ0n) is 29.8. The highest BCUT2D eigenvalue weighted by atomic mass is 32.1. The van der Waals surface area contributed by atoms with E-state index in [0.717, 1.165) is 22.3 Å². The molecule has 2 aromatic heterocycles. The van der Waals surface area contributed by atoms with Crippen LogP contribution in [0.4, 0.5) is 0 Å². The Kier molecular flexibility index (Phi) is 8.36. The maximum atomic E-state index is 4.99. The van der Waals surface area contributed by atoms with Gasteiger partial charge in [-0.15, -0.1) is 11.3 Å². The van der Waals surface area contributed by atoms with E-state index >= 15 is 0 Å². The first kappa shape index (κ1) is 32.6. The van der Waals surface area contributed by atoms with Crippen LogP contribution in [0.1, 0.15) is 0 Å². The van der Waals surface area contributed by atoms with E-state index in [1.54, 1.807) is 0 Å². The van der Waals surface area contributed by atoms with E-state index < -0.39 is 0 Å². The zero-order valence-corrected chi connectivity index (χ0v) is 30.6. The largest absolute Gasteiger partial charge is 0.208 e. The summed E-state index contributed by atoms with van der Waals surface area (Å²) in [6.07, 6.45) is 0. The van der Waals surface area contributed by atoms with Crippen LogP contribution in [-0.2, 0) is 0 Å². The minimum absolute atomic E-state index is 0.643. The molecule has 0 amide bonds. The molecule has 2 heterocycles. The van der Waals surface area contributed by atoms with Gasteiger partial charge in [0.2, 0.25) is 0 Å². The molecule has 3 nitrogen and oxygen atoms in total. The van der Waals surface area contributed by atoms with Crippen molar-refractivity contribution in [2.24, 2.45) is 0 Å². The summed E-state index contributed by atoms with van der Waals surface area (Å²) in [6, 6.07) is 70.5. The molecule has 0 saturated carbocycles. The number of benzene rings is 8. The second kappa shape index (κ2) is 14.1. The van der Waals surface area contributed by atoms with Gasteiger partial charge in [0.25, 0.3) is 0 Å². The van der Waals surface area contributed by atoms with Gasteiger partial charge in [-0.1, -0.05) is 188 Å². The van der Waals surface area contributed by atoms with Crippen molar-refractivity contribution < 1.29 is 0 Å². The lowest BCUT2D eigenvalue weighted by Gasteiger charge is -2.12. The highest BCUT2D eigenvalue weighted by Gasteiger charge is 2.20. The molecular weight excluding hydrogens is 687 g/mol. The van der Waals surface area contributed by atoms with Crippen molar-refractivity contribution in [3.63, 3.8) is 0 Å². The molecule has 0 fully saturated rings. The molecule has 8 aromatic carbocycles. The van der Waals surface area contributed by atoms with Crippen molar-refractivity contribution >= 4 is 31.5 Å². The molecule has 258 valence electrons. The molecule has 10 rings (SSSR count). The smallest absolute Gasteiger partial charge is 0.164 e. The van der Waals surface area contributed by atoms with Gasteiger partial charge in [0, 0.05) is 42.4 Å². The molecule has 0 spiro atoms. The summed E-state index contributed by atoms with van der Waals surface area (Å²) in [5, 5.41) is 2.52. The lowest BCUT2D eigenvalue weighted by molar-refractivity contribution is 1.07. The Morgan fingerprint density at radius 3 is 1.16 bits per heavy atom. The lowest BCUT2D eigenvalue weighted by atomic mass is 9.91. The Bertz CT molecular complexity index is 2870. The fourth-order valence-electron chi connectivity index (χ4n) is 7.43. The quantitative estimate of drug-likeness (QED) is 0.165. The van der Waals surface area contributed by atoms with Gasteiger partial charge in [-0.05, 0) is 51.1 Å². The average Bonchev–Trinajstić information content (AvgIpc) is 3.67. The van der Waals surface area contributed by atoms with E-state index in [-0.39, 0.29) is 0 Å². The zero-order chi connectivity index (χ0) is 36.6. The summed E-state index contributed by atoms with van der Waals surface area (Å²) >= 11 is 1.89. The Labute approximate surface area is 323 Å². The summed E-state index contributed by atoms with van der Waals surface area (Å²) in [4.78, 5) is 14.9. The Balaban J connectivity index is 1.18. The van der Waals surface area contributed by atoms with E-state index in [4.69, 9.17) is 15.0 Å². The summed E-state index contributed by atoms with van der Waals surface area (Å²) in [5.41, 5.74) is 12.5. The van der Waals surface area contributed by atoms with Gasteiger partial charge in [-0.3, -0.25) is 0 Å². The third kappa shape index (κ3) is 6.19. The highest BCUT2D eigenvalue weighted by molar-refractivity contribution is 7.27. The third-order valence-corrected chi connectivity index (χ3v) is 11.4. The van der Waals surface area contributed by atoms with Crippen molar-refractivity contribution in [1.82, 2.24) is 15.0 Å². The van der Waals surface area contributed by atoms with E-state index in [2.05, 4.69) is 140 Å². The number of hydrogen-bond acceptors (Lipinski definition) is 4. The van der Waals surface area contributed by atoms with Gasteiger partial charge in [0.1, 0.15) is 0 Å². The predicted octanol–water partition coefficient (Wildman–Crippen LogP) is 13.9. The van der Waals surface area contributed by atoms with Crippen molar-refractivity contribution in [3.05, 3.63) is 200 Å². The Morgan fingerprint density at radius 2 is 0.655 bits per heavy atom. The standard InChI is InChI=1S/C51H33N3S/c1-6-16-34(17-7-1)41-32-44(36-20-10-3-11-21-36)47-45(33-41)46-42(30-31-43(48(46)55-47)35-18-8-2-9-19-35)37-26-28-40(29-27-37)51-53-49(38-22-12-4-13-23-38)52-50(54-51)39-24-14-5-15-25-39/h1-33H. The number of aromatic nitrogens is 3. The number of thiophene rings is 1. The van der Waals surface area contributed by atoms with Gasteiger partial charge in [-0.25, -0.2) is 15.0 Å². The first-order valence-electron chi connectivity index (χ1n) is 18.4. The lowest BCUT2D eigenvalue weighted by Crippen LogP contribution is -2.00. The van der Waals surface area contributed by atoms with Crippen LogP contribution in [0.3, 0.4) is 0 Å². The average molecular weight is 720 g/mol. The molecule has 0 bridgehead atoms. The minimum atomic E-state index is 0.643. The number of rotatable bonds is 7. The number of fused-ring (bicyclic) bond motifs is 3. The normalized spacial score (nSPS) is 11.3. The molecule has 0 atom stereocenters. The number of nitrogens with zero attached hydrogens (tertiary/aromatic N) is 3. The van der Waals surface area contributed by atoms with Crippen LogP contribution in [0, 0.1) is 0 Å². The van der Waals surface area contributed by atoms with Gasteiger partial charge >= 0.3 is 0 Å². The molecule has 0 N–H and O–H groups in total. The fraction of sp³-hybridized carbons (Fsp3) is 0. The van der Waals surface area contributed by atoms with Crippen LogP contribution in [0.25, 0.3) is 98.8 Å². The van der Waals surface area contributed by atoms with Crippen molar-refractivity contribution in [1.29, 1.82) is 0 Å². The summed E-state index contributed by atoms with van der Waals surface area (Å²) in [5.74, 6) is 1.95. The van der Waals surface area contributed by atoms with Crippen LogP contribution >= 0.6 is 11.3 Å². The molecule has 0 aliphatic rings. The van der Waals surface area contributed by atoms with E-state index in [0.29, 0.717) is 17.5 Å². The SMILES string of the molecule is c1ccc(-c2cc(-c3ccccc3)c3sc4c(-c5ccccc5)ccc(-c5ccc(-c6nc(-c7ccccc7)nc(-c7ccccc7)n6)cc5)c4c3c2)cc1. The van der Waals surface area contributed by atoms with Crippen molar-refractivity contribution in [2.45, 2.75) is 0 Å². The predicted molar refractivity (Wildman–Crippen MR) is 231 cm³/mol. The first-order chi connectivity index (χ1) is 27.3. The maximum Gasteiger partial charge on any atom is 0.164 e. The number of hydrogen-bond donors (Lipinski definition) is 0.